The molecule has 7 rings (SSSR count). The molecule has 4 heterocycles. The lowest BCUT2D eigenvalue weighted by molar-refractivity contribution is -0.282. The molecule has 5 fully saturated rings. The minimum Gasteiger partial charge on any atom is -0.356 e. The first-order valence-corrected chi connectivity index (χ1v) is 26.5. The third-order valence-corrected chi connectivity index (χ3v) is 16.9. The standard InChI is InChI=1S/C50H77N5O11S/c1-32(2)36-27-37(33(3)4)45(38(28-36)34(5)6)67(60,61)55-39-19-26-52(46(39)55)43(57)18-17-42(56)51-24-16-25-53-47(58)35(7)30-54(48(53)59)44-29-40(66-50(63-9)22-14-11-15-23-50)41(65-44)31-64-49(62-8)20-12-10-13-21-49/h27-28,30,32-34,39-41,44,46H,10-26,29,31H2,1-9H3,(H,51,56)/t39?,40-,41+,44+,46?,55?/m0/s1. The van der Waals surface area contributed by atoms with Crippen LogP contribution in [0, 0.1) is 6.92 Å². The number of fused-ring (bicyclic) bond motifs is 1. The number of nitrogens with one attached hydrogen (secondary N) is 1. The van der Waals surface area contributed by atoms with E-state index in [1.165, 1.54) is 13.4 Å². The van der Waals surface area contributed by atoms with Crippen LogP contribution >= 0.6 is 0 Å². The van der Waals surface area contributed by atoms with Crippen LogP contribution in [0.3, 0.4) is 0 Å². The maximum Gasteiger partial charge on any atom is 0.333 e. The second-order valence-electron chi connectivity index (χ2n) is 20.5. The van der Waals surface area contributed by atoms with E-state index in [1.807, 2.05) is 39.8 Å². The lowest BCUT2D eigenvalue weighted by Gasteiger charge is -2.40. The fraction of sp³-hybridized carbons (Fsp3) is 0.760. The van der Waals surface area contributed by atoms with E-state index in [0.29, 0.717) is 36.3 Å². The Balaban J connectivity index is 0.948. The van der Waals surface area contributed by atoms with Gasteiger partial charge >= 0.3 is 5.69 Å². The van der Waals surface area contributed by atoms with Crippen molar-refractivity contribution in [2.75, 3.05) is 33.9 Å². The molecule has 0 spiro atoms. The van der Waals surface area contributed by atoms with Crippen LogP contribution in [-0.2, 0) is 49.8 Å². The molecule has 0 radical (unpaired) electrons. The van der Waals surface area contributed by atoms with Crippen molar-refractivity contribution in [3.8, 4) is 0 Å². The Hall–Kier alpha value is -3.45. The van der Waals surface area contributed by atoms with Crippen LogP contribution in [-0.4, -0.2) is 108 Å². The highest BCUT2D eigenvalue weighted by Gasteiger charge is 2.63. The molecule has 374 valence electrons. The minimum atomic E-state index is -3.91. The molecular formula is C50H77N5O11S. The van der Waals surface area contributed by atoms with E-state index < -0.39 is 57.4 Å². The molecule has 3 unspecified atom stereocenters. The third kappa shape index (κ3) is 11.0. The van der Waals surface area contributed by atoms with Crippen molar-refractivity contribution in [2.45, 2.75) is 216 Å². The summed E-state index contributed by atoms with van der Waals surface area (Å²) in [6.45, 7) is 14.8. The van der Waals surface area contributed by atoms with Gasteiger partial charge in [-0.05, 0) is 79.9 Å². The number of sulfonamides is 1. The first-order valence-electron chi connectivity index (χ1n) is 25.0. The summed E-state index contributed by atoms with van der Waals surface area (Å²) in [5.41, 5.74) is 2.14. The summed E-state index contributed by atoms with van der Waals surface area (Å²) in [5.74, 6) is -1.85. The predicted octanol–water partition coefficient (Wildman–Crippen LogP) is 6.91. The van der Waals surface area contributed by atoms with Crippen LogP contribution in [0.2, 0.25) is 0 Å². The fourth-order valence-corrected chi connectivity index (χ4v) is 13.3. The zero-order valence-electron chi connectivity index (χ0n) is 41.5. The Morgan fingerprint density at radius 3 is 2.06 bits per heavy atom. The van der Waals surface area contributed by atoms with Crippen molar-refractivity contribution in [1.82, 2.24) is 23.7 Å². The van der Waals surface area contributed by atoms with Crippen molar-refractivity contribution < 1.29 is 41.7 Å². The predicted molar refractivity (Wildman–Crippen MR) is 253 cm³/mol. The normalized spacial score (nSPS) is 25.8. The van der Waals surface area contributed by atoms with Gasteiger partial charge in [-0.2, -0.15) is 4.31 Å². The number of hydrogen-bond donors (Lipinski definition) is 1. The Labute approximate surface area is 397 Å². The number of carbonyl (C=O) groups is 2. The summed E-state index contributed by atoms with van der Waals surface area (Å²) in [7, 11) is -0.555. The molecule has 3 aliphatic heterocycles. The molecule has 67 heavy (non-hydrogen) atoms. The average molecular weight is 956 g/mol. The quantitative estimate of drug-likeness (QED) is 0.0830. The molecular weight excluding hydrogens is 879 g/mol. The Morgan fingerprint density at radius 1 is 0.866 bits per heavy atom. The summed E-state index contributed by atoms with van der Waals surface area (Å²) in [6.07, 6.45) is 9.67. The van der Waals surface area contributed by atoms with Gasteiger partial charge in [0.1, 0.15) is 18.5 Å². The molecule has 0 bridgehead atoms. The molecule has 5 aliphatic rings. The number of carbonyl (C=O) groups excluding carboxylic acids is 2. The smallest absolute Gasteiger partial charge is 0.333 e. The summed E-state index contributed by atoms with van der Waals surface area (Å²) in [6, 6.07) is 3.76. The van der Waals surface area contributed by atoms with Crippen LogP contribution < -0.4 is 16.6 Å². The van der Waals surface area contributed by atoms with E-state index in [-0.39, 0.29) is 68.1 Å². The van der Waals surface area contributed by atoms with Crippen LogP contribution in [0.1, 0.15) is 184 Å². The zero-order valence-corrected chi connectivity index (χ0v) is 42.3. The number of amides is 2. The van der Waals surface area contributed by atoms with Crippen molar-refractivity contribution in [1.29, 1.82) is 0 Å². The molecule has 2 aromatic rings. The summed E-state index contributed by atoms with van der Waals surface area (Å²) in [5, 5.41) is 2.84. The second-order valence-corrected chi connectivity index (χ2v) is 22.3. The number of nitrogens with zero attached hydrogens (tertiary/aromatic N) is 4. The molecule has 1 aromatic carbocycles. The van der Waals surface area contributed by atoms with E-state index in [4.69, 9.17) is 23.7 Å². The van der Waals surface area contributed by atoms with Gasteiger partial charge in [-0.15, -0.1) is 0 Å². The lowest BCUT2D eigenvalue weighted by Crippen LogP contribution is -2.45. The molecule has 2 saturated carbocycles. The van der Waals surface area contributed by atoms with Crippen molar-refractivity contribution in [3.05, 3.63) is 61.4 Å². The first-order chi connectivity index (χ1) is 31.9. The molecule has 2 aliphatic carbocycles. The van der Waals surface area contributed by atoms with E-state index in [1.54, 1.807) is 32.2 Å². The molecule has 3 saturated heterocycles. The average Bonchev–Trinajstić information content (AvgIpc) is 3.66. The van der Waals surface area contributed by atoms with Gasteiger partial charge in [0.05, 0.1) is 23.6 Å². The van der Waals surface area contributed by atoms with Crippen LogP contribution in [0.4, 0.5) is 0 Å². The van der Waals surface area contributed by atoms with Crippen LogP contribution in [0.25, 0.3) is 0 Å². The number of likely N-dealkylation sites (tertiary alicyclic amines) is 1. The minimum absolute atomic E-state index is 0.0151. The molecule has 2 amide bonds. The van der Waals surface area contributed by atoms with Crippen molar-refractivity contribution in [2.24, 2.45) is 0 Å². The number of benzene rings is 1. The van der Waals surface area contributed by atoms with Crippen LogP contribution in [0.15, 0.2) is 32.8 Å². The number of rotatable bonds is 20. The number of methoxy groups -OCH3 is 2. The fourth-order valence-electron chi connectivity index (χ4n) is 10.8. The maximum absolute atomic E-state index is 14.4. The highest BCUT2D eigenvalue weighted by Crippen LogP contribution is 2.48. The highest BCUT2D eigenvalue weighted by molar-refractivity contribution is 7.89. The monoisotopic (exact) mass is 956 g/mol. The van der Waals surface area contributed by atoms with Crippen molar-refractivity contribution in [3.63, 3.8) is 0 Å². The Kier molecular flexibility index (Phi) is 16.3. The Morgan fingerprint density at radius 2 is 1.48 bits per heavy atom. The lowest BCUT2D eigenvalue weighted by atomic mass is 9.89. The maximum atomic E-state index is 14.4. The first kappa shape index (κ1) is 51.4. The van der Waals surface area contributed by atoms with E-state index in [0.717, 1.165) is 80.9 Å². The van der Waals surface area contributed by atoms with Gasteiger partial charge in [0.15, 0.2) is 11.6 Å². The van der Waals surface area contributed by atoms with E-state index in [9.17, 15) is 27.6 Å². The zero-order chi connectivity index (χ0) is 48.4. The molecule has 6 atom stereocenters. The summed E-state index contributed by atoms with van der Waals surface area (Å²) in [4.78, 5) is 56.0. The number of hydrogen-bond acceptors (Lipinski definition) is 11. The molecule has 1 aromatic heterocycles. The SMILES string of the molecule is COC1(OC[C@H]2O[C@@H](n3cc(C)c(=O)n(CCCNC(=O)CCC(=O)N4CCC5C4N5S(=O)(=O)c4c(C(C)C)cc(C(C)C)cc4C(C)C)c3=O)C[C@@H]2OC2(OC)CCCCC2)CCCCC1. The third-order valence-electron chi connectivity index (χ3n) is 14.9. The van der Waals surface area contributed by atoms with Gasteiger partial charge in [-0.3, -0.25) is 23.5 Å². The number of aromatic nitrogens is 2. The Bertz CT molecular complexity index is 2280. The van der Waals surface area contributed by atoms with Gasteiger partial charge < -0.3 is 33.9 Å². The number of aryl methyl sites for hydroxylation is 1. The van der Waals surface area contributed by atoms with E-state index in [2.05, 4.69) is 19.2 Å². The topological polar surface area (TPSA) is 177 Å². The molecule has 1 N–H and O–H groups in total. The van der Waals surface area contributed by atoms with Gasteiger partial charge in [0, 0.05) is 90.6 Å². The van der Waals surface area contributed by atoms with Gasteiger partial charge in [0.25, 0.3) is 5.56 Å². The largest absolute Gasteiger partial charge is 0.356 e. The molecule has 16 nitrogen and oxygen atoms in total. The molecule has 17 heteroatoms. The van der Waals surface area contributed by atoms with Gasteiger partial charge in [0.2, 0.25) is 21.8 Å². The summed E-state index contributed by atoms with van der Waals surface area (Å²) >= 11 is 0. The van der Waals surface area contributed by atoms with Crippen molar-refractivity contribution >= 4 is 21.8 Å². The number of ether oxygens (including phenoxy) is 5. The van der Waals surface area contributed by atoms with E-state index >= 15 is 0 Å². The van der Waals surface area contributed by atoms with Gasteiger partial charge in [-0.25, -0.2) is 13.2 Å². The second kappa shape index (κ2) is 21.3. The summed E-state index contributed by atoms with van der Waals surface area (Å²) < 4.78 is 64.8. The van der Waals surface area contributed by atoms with Gasteiger partial charge in [-0.1, -0.05) is 66.5 Å². The highest BCUT2D eigenvalue weighted by atomic mass is 32.2. The van der Waals surface area contributed by atoms with Crippen LogP contribution in [0.5, 0.6) is 0 Å².